The number of thioether (sulfide) groups is 1. The smallest absolute Gasteiger partial charge is 0.318 e. The van der Waals surface area contributed by atoms with E-state index in [2.05, 4.69) is 20.5 Å². The first-order valence-corrected chi connectivity index (χ1v) is 8.01. The predicted molar refractivity (Wildman–Crippen MR) is 86.6 cm³/mol. The molecule has 3 N–H and O–H groups in total. The average Bonchev–Trinajstić information content (AvgIpc) is 2.90. The van der Waals surface area contributed by atoms with Crippen LogP contribution in [0.5, 0.6) is 0 Å². The van der Waals surface area contributed by atoms with Gasteiger partial charge >= 0.3 is 6.03 Å². The van der Waals surface area contributed by atoms with Gasteiger partial charge in [0, 0.05) is 24.5 Å². The van der Waals surface area contributed by atoms with E-state index < -0.39 is 17.2 Å². The molecule has 0 radical (unpaired) electrons. The fourth-order valence-corrected chi connectivity index (χ4v) is 2.83. The number of nitrogens with zero attached hydrogens (tertiary/aromatic N) is 4. The van der Waals surface area contributed by atoms with E-state index in [4.69, 9.17) is 5.73 Å². The van der Waals surface area contributed by atoms with E-state index in [0.29, 0.717) is 5.16 Å². The molecule has 2 aromatic rings. The van der Waals surface area contributed by atoms with Crippen LogP contribution in [0.3, 0.4) is 0 Å². The molecule has 0 bridgehead atoms. The zero-order chi connectivity index (χ0) is 16.8. The van der Waals surface area contributed by atoms with Crippen LogP contribution in [-0.2, 0) is 11.3 Å². The summed E-state index contributed by atoms with van der Waals surface area (Å²) in [6.07, 6.45) is 4.28. The number of carbonyl (C=O) groups is 2. The number of hydrogen-bond donors (Lipinski definition) is 2. The second kappa shape index (κ2) is 7.73. The predicted octanol–water partition coefficient (Wildman–Crippen LogP) is 1.43. The van der Waals surface area contributed by atoms with Crippen LogP contribution < -0.4 is 11.1 Å². The molecule has 8 nitrogen and oxygen atoms in total. The third-order valence-corrected chi connectivity index (χ3v) is 4.08. The molecule has 0 aliphatic heterocycles. The maximum absolute atomic E-state index is 11.8. The molecule has 2 heterocycles. The summed E-state index contributed by atoms with van der Waals surface area (Å²) in [5.74, 6) is 0.262. The zero-order valence-electron chi connectivity index (χ0n) is 12.9. The van der Waals surface area contributed by atoms with Crippen LogP contribution in [0.2, 0.25) is 0 Å². The first kappa shape index (κ1) is 16.9. The van der Waals surface area contributed by atoms with Crippen molar-refractivity contribution < 1.29 is 9.59 Å². The van der Waals surface area contributed by atoms with Gasteiger partial charge in [0.1, 0.15) is 0 Å². The van der Waals surface area contributed by atoms with E-state index in [1.165, 1.54) is 11.8 Å². The maximum atomic E-state index is 11.8. The molecule has 0 saturated heterocycles. The molecule has 0 spiro atoms. The Kier molecular flexibility index (Phi) is 5.69. The largest absolute Gasteiger partial charge is 0.351 e. The summed E-state index contributed by atoms with van der Waals surface area (Å²) < 4.78 is 1.95. The molecule has 0 aliphatic carbocycles. The van der Waals surface area contributed by atoms with E-state index in [9.17, 15) is 9.59 Å². The number of nitrogens with one attached hydrogen (secondary N) is 1. The second-order valence-corrected chi connectivity index (χ2v) is 6.12. The Morgan fingerprint density at radius 3 is 2.65 bits per heavy atom. The normalized spacial score (nSPS) is 11.9. The van der Waals surface area contributed by atoms with Crippen molar-refractivity contribution >= 4 is 23.7 Å². The van der Waals surface area contributed by atoms with Crippen LogP contribution in [-0.4, -0.2) is 36.9 Å². The van der Waals surface area contributed by atoms with E-state index in [-0.39, 0.29) is 0 Å². The van der Waals surface area contributed by atoms with Crippen molar-refractivity contribution in [3.63, 3.8) is 0 Å². The van der Waals surface area contributed by atoms with Crippen LogP contribution in [0, 0.1) is 0 Å². The lowest BCUT2D eigenvalue weighted by atomic mass is 10.2. The quantitative estimate of drug-likeness (QED) is 0.772. The van der Waals surface area contributed by atoms with Gasteiger partial charge in [-0.1, -0.05) is 18.7 Å². The molecular weight excluding hydrogens is 316 g/mol. The van der Waals surface area contributed by atoms with Crippen molar-refractivity contribution in [1.82, 2.24) is 25.1 Å². The Bertz CT molecular complexity index is 688. The Labute approximate surface area is 137 Å². The number of nitrogens with two attached hydrogens (primary N) is 1. The molecule has 23 heavy (non-hydrogen) atoms. The van der Waals surface area contributed by atoms with Crippen LogP contribution in [0.25, 0.3) is 11.4 Å². The minimum absolute atomic E-state index is 0.459. The molecule has 0 aromatic carbocycles. The molecule has 9 heteroatoms. The Balaban J connectivity index is 2.24. The van der Waals surface area contributed by atoms with Crippen molar-refractivity contribution in [2.75, 3.05) is 0 Å². The van der Waals surface area contributed by atoms with Gasteiger partial charge in [-0.3, -0.25) is 15.1 Å². The van der Waals surface area contributed by atoms with E-state index >= 15 is 0 Å². The Morgan fingerprint density at radius 1 is 1.35 bits per heavy atom. The summed E-state index contributed by atoms with van der Waals surface area (Å²) in [6.45, 7) is 4.45. The number of hydrogen-bond acceptors (Lipinski definition) is 6. The average molecular weight is 334 g/mol. The standard InChI is InChI=1S/C14H18N6O2S/c1-3-8-20-11(10-4-6-16-7-5-10)18-19-14(20)23-9(2)12(21)17-13(15)22/h4-7,9H,3,8H2,1-2H3,(H3,15,17,21,22)/t9-/m0/s1. The summed E-state index contributed by atoms with van der Waals surface area (Å²) in [6, 6.07) is 2.84. The van der Waals surface area contributed by atoms with Crippen molar-refractivity contribution in [2.24, 2.45) is 5.73 Å². The molecule has 122 valence electrons. The molecular formula is C14H18N6O2S. The van der Waals surface area contributed by atoms with Gasteiger partial charge in [0.2, 0.25) is 5.91 Å². The fraction of sp³-hybridized carbons (Fsp3) is 0.357. The van der Waals surface area contributed by atoms with Crippen LogP contribution in [0.1, 0.15) is 20.3 Å². The number of imide groups is 1. The van der Waals surface area contributed by atoms with Crippen molar-refractivity contribution in [3.8, 4) is 11.4 Å². The minimum Gasteiger partial charge on any atom is -0.351 e. The molecule has 0 aliphatic rings. The fourth-order valence-electron chi connectivity index (χ4n) is 1.95. The molecule has 2 rings (SSSR count). The van der Waals surface area contributed by atoms with Crippen LogP contribution in [0.4, 0.5) is 4.79 Å². The van der Waals surface area contributed by atoms with Gasteiger partial charge in [0.25, 0.3) is 0 Å². The minimum atomic E-state index is -0.866. The van der Waals surface area contributed by atoms with Crippen molar-refractivity contribution in [1.29, 1.82) is 0 Å². The number of carbonyl (C=O) groups excluding carboxylic acids is 2. The third-order valence-electron chi connectivity index (χ3n) is 3.00. The Hall–Kier alpha value is -2.42. The summed E-state index contributed by atoms with van der Waals surface area (Å²) in [4.78, 5) is 26.6. The first-order valence-electron chi connectivity index (χ1n) is 7.13. The molecule has 0 fully saturated rings. The molecule has 1 atom stereocenters. The SMILES string of the molecule is CCCn1c(S[C@@H](C)C(=O)NC(N)=O)nnc1-c1ccncc1. The zero-order valence-corrected chi connectivity index (χ0v) is 13.7. The monoisotopic (exact) mass is 334 g/mol. The highest BCUT2D eigenvalue weighted by Crippen LogP contribution is 2.26. The number of primary amides is 1. The van der Waals surface area contributed by atoms with E-state index in [1.807, 2.05) is 23.6 Å². The van der Waals surface area contributed by atoms with Gasteiger partial charge in [-0.25, -0.2) is 4.79 Å². The van der Waals surface area contributed by atoms with Crippen LogP contribution >= 0.6 is 11.8 Å². The van der Waals surface area contributed by atoms with Crippen molar-refractivity contribution in [3.05, 3.63) is 24.5 Å². The van der Waals surface area contributed by atoms with Gasteiger partial charge < -0.3 is 10.3 Å². The van der Waals surface area contributed by atoms with Crippen LogP contribution in [0.15, 0.2) is 29.7 Å². The topological polar surface area (TPSA) is 116 Å². The highest BCUT2D eigenvalue weighted by atomic mass is 32.2. The highest BCUT2D eigenvalue weighted by molar-refractivity contribution is 8.00. The van der Waals surface area contributed by atoms with Gasteiger partial charge in [-0.05, 0) is 25.5 Å². The highest BCUT2D eigenvalue weighted by Gasteiger charge is 2.21. The Morgan fingerprint density at radius 2 is 2.04 bits per heavy atom. The number of urea groups is 1. The number of rotatable bonds is 6. The summed E-state index contributed by atoms with van der Waals surface area (Å²) in [5, 5.41) is 10.6. The lowest BCUT2D eigenvalue weighted by molar-refractivity contribution is -0.119. The summed E-state index contributed by atoms with van der Waals surface area (Å²) in [7, 11) is 0. The lowest BCUT2D eigenvalue weighted by Crippen LogP contribution is -2.39. The van der Waals surface area contributed by atoms with Gasteiger partial charge in [-0.2, -0.15) is 0 Å². The number of aromatic nitrogens is 4. The molecule has 0 unspecified atom stereocenters. The molecule has 3 amide bonds. The maximum Gasteiger partial charge on any atom is 0.318 e. The van der Waals surface area contributed by atoms with E-state index in [1.54, 1.807) is 19.3 Å². The number of amides is 3. The number of pyridine rings is 1. The van der Waals surface area contributed by atoms with Gasteiger partial charge in [0.05, 0.1) is 5.25 Å². The van der Waals surface area contributed by atoms with Gasteiger partial charge in [0.15, 0.2) is 11.0 Å². The first-order chi connectivity index (χ1) is 11.0. The lowest BCUT2D eigenvalue weighted by Gasteiger charge is -2.12. The summed E-state index contributed by atoms with van der Waals surface area (Å²) >= 11 is 1.23. The van der Waals surface area contributed by atoms with Crippen molar-refractivity contribution in [2.45, 2.75) is 37.2 Å². The third kappa shape index (κ3) is 4.28. The second-order valence-electron chi connectivity index (χ2n) is 4.81. The van der Waals surface area contributed by atoms with E-state index in [0.717, 1.165) is 24.4 Å². The molecule has 0 saturated carbocycles. The molecule has 2 aromatic heterocycles. The summed E-state index contributed by atoms with van der Waals surface area (Å²) in [5.41, 5.74) is 5.87. The van der Waals surface area contributed by atoms with Gasteiger partial charge in [-0.15, -0.1) is 10.2 Å².